The van der Waals surface area contributed by atoms with Gasteiger partial charge < -0.3 is 4.98 Å². The first-order chi connectivity index (χ1) is 8.43. The minimum atomic E-state index is 1.05. The van der Waals surface area contributed by atoms with Gasteiger partial charge in [0.2, 0.25) is 0 Å². The number of rotatable bonds is 11. The molecule has 3 heteroatoms. The summed E-state index contributed by atoms with van der Waals surface area (Å²) in [5.74, 6) is 2.18. The average Bonchev–Trinajstić information content (AvgIpc) is 2.85. The molecule has 98 valence electrons. The summed E-state index contributed by atoms with van der Waals surface area (Å²) in [6.45, 7) is 0. The fourth-order valence-corrected chi connectivity index (χ4v) is 2.30. The van der Waals surface area contributed by atoms with Crippen LogP contribution in [0.25, 0.3) is 0 Å². The lowest BCUT2D eigenvalue weighted by molar-refractivity contribution is 0.563. The lowest BCUT2D eigenvalue weighted by atomic mass is 10.1. The van der Waals surface area contributed by atoms with Gasteiger partial charge in [-0.15, -0.1) is 0 Å². The molecule has 0 aliphatic heterocycles. The Morgan fingerprint density at radius 3 is 2.00 bits per heavy atom. The highest BCUT2D eigenvalue weighted by Crippen LogP contribution is 2.10. The molecule has 0 atom stereocenters. The van der Waals surface area contributed by atoms with Crippen LogP contribution in [-0.4, -0.2) is 15.7 Å². The Balaban J connectivity index is 1.76. The van der Waals surface area contributed by atoms with Gasteiger partial charge in [-0.3, -0.25) is 0 Å². The first kappa shape index (κ1) is 14.6. The maximum absolute atomic E-state index is 4.23. The zero-order chi connectivity index (χ0) is 12.2. The Bertz CT molecular complexity index is 247. The molecule has 0 amide bonds. The predicted molar refractivity (Wildman–Crippen MR) is 77.7 cm³/mol. The molecule has 0 spiro atoms. The second-order valence-corrected chi connectivity index (χ2v) is 5.14. The minimum Gasteiger partial charge on any atom is -0.349 e. The summed E-state index contributed by atoms with van der Waals surface area (Å²) in [5, 5.41) is 0. The minimum absolute atomic E-state index is 1.05. The molecule has 0 aromatic carbocycles. The van der Waals surface area contributed by atoms with Gasteiger partial charge >= 0.3 is 0 Å². The van der Waals surface area contributed by atoms with E-state index in [1.807, 2.05) is 12.4 Å². The van der Waals surface area contributed by atoms with Crippen LogP contribution in [0.3, 0.4) is 0 Å². The summed E-state index contributed by atoms with van der Waals surface area (Å²) in [7, 11) is 0. The molecule has 0 aliphatic carbocycles. The van der Waals surface area contributed by atoms with Crippen LogP contribution < -0.4 is 0 Å². The number of thiol groups is 1. The molecule has 17 heavy (non-hydrogen) atoms. The van der Waals surface area contributed by atoms with E-state index in [0.717, 1.165) is 18.0 Å². The molecule has 0 saturated heterocycles. The van der Waals surface area contributed by atoms with Gasteiger partial charge in [0.25, 0.3) is 0 Å². The molecule has 2 nitrogen and oxygen atoms in total. The van der Waals surface area contributed by atoms with Crippen molar-refractivity contribution in [2.24, 2.45) is 0 Å². The molecular weight excluding hydrogens is 228 g/mol. The van der Waals surface area contributed by atoms with Gasteiger partial charge in [-0.25, -0.2) is 4.98 Å². The van der Waals surface area contributed by atoms with Crippen LogP contribution in [0.15, 0.2) is 12.4 Å². The number of H-pyrrole nitrogens is 1. The second kappa shape index (κ2) is 10.7. The Kier molecular flexibility index (Phi) is 9.20. The normalized spacial score (nSPS) is 10.9. The summed E-state index contributed by atoms with van der Waals surface area (Å²) in [5.41, 5.74) is 0. The maximum atomic E-state index is 4.23. The fraction of sp³-hybridized carbons (Fsp3) is 0.786. The summed E-state index contributed by atoms with van der Waals surface area (Å²) in [4.78, 5) is 7.38. The first-order valence-corrected chi connectivity index (χ1v) is 7.66. The van der Waals surface area contributed by atoms with Crippen LogP contribution in [0.2, 0.25) is 0 Å². The maximum Gasteiger partial charge on any atom is 0.105 e. The van der Waals surface area contributed by atoms with E-state index in [1.54, 1.807) is 0 Å². The standard InChI is InChI=1S/C14H26N2S/c17-13-9-7-5-3-1-2-4-6-8-10-14-15-11-12-16-14/h11-12,17H,1-10,13H2,(H,15,16). The van der Waals surface area contributed by atoms with Crippen LogP contribution in [0.1, 0.15) is 63.6 Å². The van der Waals surface area contributed by atoms with Crippen molar-refractivity contribution in [2.45, 2.75) is 64.2 Å². The Labute approximate surface area is 111 Å². The summed E-state index contributed by atoms with van der Waals surface area (Å²) in [6.07, 6.45) is 17.1. The topological polar surface area (TPSA) is 28.7 Å². The zero-order valence-corrected chi connectivity index (χ0v) is 11.7. The van der Waals surface area contributed by atoms with Gasteiger partial charge in [0, 0.05) is 18.8 Å². The molecule has 0 unspecified atom stereocenters. The average molecular weight is 254 g/mol. The predicted octanol–water partition coefficient (Wildman–Crippen LogP) is 4.39. The summed E-state index contributed by atoms with van der Waals surface area (Å²) in [6, 6.07) is 0. The van der Waals surface area contributed by atoms with E-state index >= 15 is 0 Å². The van der Waals surface area contributed by atoms with Gasteiger partial charge in [-0.1, -0.05) is 44.9 Å². The van der Waals surface area contributed by atoms with Crippen LogP contribution in [0, 0.1) is 0 Å². The number of nitrogens with one attached hydrogen (secondary N) is 1. The van der Waals surface area contributed by atoms with Gasteiger partial charge in [0.05, 0.1) is 0 Å². The Morgan fingerprint density at radius 2 is 1.47 bits per heavy atom. The smallest absolute Gasteiger partial charge is 0.105 e. The van der Waals surface area contributed by atoms with Crippen LogP contribution in [0.4, 0.5) is 0 Å². The van der Waals surface area contributed by atoms with Crippen LogP contribution in [-0.2, 0) is 6.42 Å². The molecule has 0 radical (unpaired) electrons. The van der Waals surface area contributed by atoms with E-state index in [0.29, 0.717) is 0 Å². The quantitative estimate of drug-likeness (QED) is 0.445. The van der Waals surface area contributed by atoms with E-state index in [2.05, 4.69) is 22.6 Å². The third kappa shape index (κ3) is 8.31. The van der Waals surface area contributed by atoms with Crippen molar-refractivity contribution < 1.29 is 0 Å². The van der Waals surface area contributed by atoms with Crippen molar-refractivity contribution in [1.82, 2.24) is 9.97 Å². The van der Waals surface area contributed by atoms with Gasteiger partial charge in [0.15, 0.2) is 0 Å². The molecule has 1 N–H and O–H groups in total. The number of imidazole rings is 1. The molecule has 0 aliphatic rings. The largest absolute Gasteiger partial charge is 0.349 e. The number of aromatic nitrogens is 2. The Hall–Kier alpha value is -0.440. The number of aryl methyl sites for hydroxylation is 1. The SMILES string of the molecule is SCCCCCCCCCCCc1ncc[nH]1. The van der Waals surface area contributed by atoms with E-state index in [1.165, 1.54) is 57.8 Å². The van der Waals surface area contributed by atoms with Crippen LogP contribution in [0.5, 0.6) is 0 Å². The van der Waals surface area contributed by atoms with Gasteiger partial charge in [-0.05, 0) is 18.6 Å². The molecule has 0 fully saturated rings. The molecule has 1 rings (SSSR count). The highest BCUT2D eigenvalue weighted by atomic mass is 32.1. The molecule has 1 aromatic rings. The first-order valence-electron chi connectivity index (χ1n) is 7.02. The number of aromatic amines is 1. The molecule has 1 heterocycles. The van der Waals surface area contributed by atoms with Crippen molar-refractivity contribution in [3.8, 4) is 0 Å². The second-order valence-electron chi connectivity index (χ2n) is 4.69. The van der Waals surface area contributed by atoms with Crippen molar-refractivity contribution in [2.75, 3.05) is 5.75 Å². The fourth-order valence-electron chi connectivity index (χ4n) is 2.08. The molecular formula is C14H26N2S. The Morgan fingerprint density at radius 1 is 0.882 bits per heavy atom. The third-order valence-electron chi connectivity index (χ3n) is 3.13. The zero-order valence-electron chi connectivity index (χ0n) is 10.8. The van der Waals surface area contributed by atoms with E-state index < -0.39 is 0 Å². The van der Waals surface area contributed by atoms with Crippen molar-refractivity contribution in [3.63, 3.8) is 0 Å². The van der Waals surface area contributed by atoms with E-state index in [-0.39, 0.29) is 0 Å². The molecule has 0 bridgehead atoms. The van der Waals surface area contributed by atoms with E-state index in [9.17, 15) is 0 Å². The number of unbranched alkanes of at least 4 members (excludes halogenated alkanes) is 8. The van der Waals surface area contributed by atoms with E-state index in [4.69, 9.17) is 0 Å². The lowest BCUT2D eigenvalue weighted by Crippen LogP contribution is -1.88. The lowest BCUT2D eigenvalue weighted by Gasteiger charge is -2.01. The van der Waals surface area contributed by atoms with Gasteiger partial charge in [0.1, 0.15) is 5.82 Å². The highest BCUT2D eigenvalue weighted by Gasteiger charge is 1.95. The van der Waals surface area contributed by atoms with Crippen molar-refractivity contribution in [3.05, 3.63) is 18.2 Å². The summed E-state index contributed by atoms with van der Waals surface area (Å²) < 4.78 is 0. The highest BCUT2D eigenvalue weighted by molar-refractivity contribution is 7.80. The molecule has 0 saturated carbocycles. The van der Waals surface area contributed by atoms with Crippen molar-refractivity contribution in [1.29, 1.82) is 0 Å². The molecule has 1 aromatic heterocycles. The number of nitrogens with zero attached hydrogens (tertiary/aromatic N) is 1. The third-order valence-corrected chi connectivity index (χ3v) is 3.44. The number of hydrogen-bond donors (Lipinski definition) is 2. The number of hydrogen-bond acceptors (Lipinski definition) is 2. The summed E-state index contributed by atoms with van der Waals surface area (Å²) >= 11 is 4.22. The van der Waals surface area contributed by atoms with Crippen LogP contribution >= 0.6 is 12.6 Å². The van der Waals surface area contributed by atoms with Gasteiger partial charge in [-0.2, -0.15) is 12.6 Å². The van der Waals surface area contributed by atoms with Crippen molar-refractivity contribution >= 4 is 12.6 Å². The monoisotopic (exact) mass is 254 g/mol.